The number of benzene rings is 2. The van der Waals surface area contributed by atoms with Crippen molar-refractivity contribution in [3.05, 3.63) is 63.7 Å². The third kappa shape index (κ3) is 3.75. The minimum atomic E-state index is 0.156. The molecule has 140 valence electrons. The SMILES string of the molecule is CCN1c2cc(C)c(/C=C(/C#N)c3cccc(Cl)c3)cc2[C@@H](C)CC1(C)C. The van der Waals surface area contributed by atoms with E-state index in [1.165, 1.54) is 16.8 Å². The van der Waals surface area contributed by atoms with Crippen molar-refractivity contribution in [2.75, 3.05) is 11.4 Å². The van der Waals surface area contributed by atoms with Gasteiger partial charge in [-0.25, -0.2) is 0 Å². The van der Waals surface area contributed by atoms with E-state index in [1.807, 2.05) is 30.3 Å². The molecule has 0 saturated heterocycles. The molecule has 1 heterocycles. The average Bonchev–Trinajstić information content (AvgIpc) is 2.60. The number of anilines is 1. The van der Waals surface area contributed by atoms with E-state index in [1.54, 1.807) is 0 Å². The second-order valence-corrected chi connectivity index (χ2v) is 8.55. The van der Waals surface area contributed by atoms with E-state index >= 15 is 0 Å². The van der Waals surface area contributed by atoms with Crippen molar-refractivity contribution in [2.24, 2.45) is 0 Å². The molecular weight excluding hydrogens is 352 g/mol. The highest BCUT2D eigenvalue weighted by Gasteiger charge is 2.35. The van der Waals surface area contributed by atoms with Crippen molar-refractivity contribution in [3.63, 3.8) is 0 Å². The van der Waals surface area contributed by atoms with Crippen LogP contribution in [0.2, 0.25) is 5.02 Å². The summed E-state index contributed by atoms with van der Waals surface area (Å²) >= 11 is 6.11. The molecule has 2 aromatic rings. The van der Waals surface area contributed by atoms with Crippen LogP contribution in [-0.2, 0) is 0 Å². The number of halogens is 1. The van der Waals surface area contributed by atoms with Crippen LogP contribution in [0.5, 0.6) is 0 Å². The molecule has 1 aliphatic heterocycles. The Morgan fingerprint density at radius 2 is 2.07 bits per heavy atom. The number of nitrogens with zero attached hydrogens (tertiary/aromatic N) is 2. The highest BCUT2D eigenvalue weighted by molar-refractivity contribution is 6.30. The van der Waals surface area contributed by atoms with Gasteiger partial charge in [-0.2, -0.15) is 5.26 Å². The van der Waals surface area contributed by atoms with E-state index in [0.29, 0.717) is 16.5 Å². The number of hydrogen-bond donors (Lipinski definition) is 0. The van der Waals surface area contributed by atoms with Crippen molar-refractivity contribution >= 4 is 28.9 Å². The van der Waals surface area contributed by atoms with Crippen molar-refractivity contribution in [3.8, 4) is 6.07 Å². The monoisotopic (exact) mass is 378 g/mol. The molecule has 0 spiro atoms. The predicted molar refractivity (Wildman–Crippen MR) is 116 cm³/mol. The van der Waals surface area contributed by atoms with Gasteiger partial charge in [-0.1, -0.05) is 30.7 Å². The van der Waals surface area contributed by atoms with Crippen molar-refractivity contribution in [1.82, 2.24) is 0 Å². The Morgan fingerprint density at radius 3 is 2.70 bits per heavy atom. The van der Waals surface area contributed by atoms with Gasteiger partial charge in [0.2, 0.25) is 0 Å². The van der Waals surface area contributed by atoms with Crippen LogP contribution in [0.25, 0.3) is 11.6 Å². The van der Waals surface area contributed by atoms with E-state index in [0.717, 1.165) is 24.1 Å². The molecule has 0 aromatic heterocycles. The quantitative estimate of drug-likeness (QED) is 0.432. The molecule has 0 aliphatic carbocycles. The second kappa shape index (κ2) is 7.41. The Bertz CT molecular complexity index is 934. The van der Waals surface area contributed by atoms with Crippen LogP contribution in [0.4, 0.5) is 5.69 Å². The van der Waals surface area contributed by atoms with Gasteiger partial charge in [-0.05, 0) is 92.6 Å². The number of rotatable bonds is 3. The fourth-order valence-electron chi connectivity index (χ4n) is 4.40. The third-order valence-corrected chi connectivity index (χ3v) is 5.88. The lowest BCUT2D eigenvalue weighted by molar-refractivity contribution is 0.381. The zero-order chi connectivity index (χ0) is 19.8. The molecule has 1 atom stereocenters. The first-order chi connectivity index (χ1) is 12.8. The van der Waals surface area contributed by atoms with E-state index < -0.39 is 0 Å². The van der Waals surface area contributed by atoms with Gasteiger partial charge in [-0.3, -0.25) is 0 Å². The van der Waals surface area contributed by atoms with Gasteiger partial charge in [0.05, 0.1) is 11.6 Å². The Morgan fingerprint density at radius 1 is 1.33 bits per heavy atom. The molecule has 0 fully saturated rings. The van der Waals surface area contributed by atoms with Crippen LogP contribution in [0.3, 0.4) is 0 Å². The maximum absolute atomic E-state index is 9.69. The lowest BCUT2D eigenvalue weighted by Crippen LogP contribution is -2.48. The van der Waals surface area contributed by atoms with Crippen LogP contribution in [0.1, 0.15) is 62.3 Å². The molecule has 0 unspecified atom stereocenters. The zero-order valence-corrected chi connectivity index (χ0v) is 17.6. The standard InChI is InChI=1S/C24H27ClN2/c1-6-27-23-10-16(2)19(13-22(23)17(3)14-24(27,4)5)11-20(15-26)18-8-7-9-21(25)12-18/h7-13,17H,6,14H2,1-5H3/b20-11-/t17-/m0/s1. The van der Waals surface area contributed by atoms with Crippen molar-refractivity contribution in [1.29, 1.82) is 5.26 Å². The lowest BCUT2D eigenvalue weighted by atomic mass is 9.79. The summed E-state index contributed by atoms with van der Waals surface area (Å²) in [4.78, 5) is 2.50. The van der Waals surface area contributed by atoms with E-state index in [9.17, 15) is 5.26 Å². The molecule has 27 heavy (non-hydrogen) atoms. The molecule has 1 aliphatic rings. The van der Waals surface area contributed by atoms with E-state index in [2.05, 4.69) is 57.7 Å². The van der Waals surface area contributed by atoms with E-state index in [-0.39, 0.29) is 5.54 Å². The molecule has 2 nitrogen and oxygen atoms in total. The van der Waals surface area contributed by atoms with Gasteiger partial charge in [0.25, 0.3) is 0 Å². The van der Waals surface area contributed by atoms with Gasteiger partial charge in [0, 0.05) is 22.8 Å². The largest absolute Gasteiger partial charge is 0.366 e. The Kier molecular flexibility index (Phi) is 5.36. The maximum atomic E-state index is 9.69. The summed E-state index contributed by atoms with van der Waals surface area (Å²) in [7, 11) is 0. The highest BCUT2D eigenvalue weighted by atomic mass is 35.5. The molecule has 3 rings (SSSR count). The van der Waals surface area contributed by atoms with Crippen molar-refractivity contribution in [2.45, 2.75) is 52.5 Å². The molecule has 0 saturated carbocycles. The summed E-state index contributed by atoms with van der Waals surface area (Å²) < 4.78 is 0. The highest BCUT2D eigenvalue weighted by Crippen LogP contribution is 2.44. The molecule has 0 N–H and O–H groups in total. The maximum Gasteiger partial charge on any atom is 0.0998 e. The minimum Gasteiger partial charge on any atom is -0.366 e. The number of allylic oxidation sites excluding steroid dienone is 1. The zero-order valence-electron chi connectivity index (χ0n) is 16.8. The molecule has 2 aromatic carbocycles. The topological polar surface area (TPSA) is 27.0 Å². The number of nitriles is 1. The smallest absolute Gasteiger partial charge is 0.0998 e. The van der Waals surface area contributed by atoms with E-state index in [4.69, 9.17) is 11.6 Å². The average molecular weight is 379 g/mol. The summed E-state index contributed by atoms with van der Waals surface area (Å²) in [5.41, 5.74) is 6.64. The summed E-state index contributed by atoms with van der Waals surface area (Å²) in [5, 5.41) is 10.3. The first-order valence-corrected chi connectivity index (χ1v) is 9.94. The fraction of sp³-hybridized carbons (Fsp3) is 0.375. The third-order valence-electron chi connectivity index (χ3n) is 5.65. The molecule has 0 radical (unpaired) electrons. The summed E-state index contributed by atoms with van der Waals surface area (Å²) in [6, 6.07) is 14.4. The first-order valence-electron chi connectivity index (χ1n) is 9.56. The minimum absolute atomic E-state index is 0.156. The van der Waals surface area contributed by atoms with Gasteiger partial charge in [0.15, 0.2) is 0 Å². The number of aryl methyl sites for hydroxylation is 1. The number of hydrogen-bond acceptors (Lipinski definition) is 2. The Labute approximate surface area is 168 Å². The van der Waals surface area contributed by atoms with Crippen molar-refractivity contribution < 1.29 is 0 Å². The number of fused-ring (bicyclic) bond motifs is 1. The van der Waals surface area contributed by atoms with Crippen LogP contribution < -0.4 is 4.90 Å². The molecule has 0 bridgehead atoms. The predicted octanol–water partition coefficient (Wildman–Crippen LogP) is 6.82. The Balaban J connectivity index is 2.11. The lowest BCUT2D eigenvalue weighted by Gasteiger charge is -2.47. The normalized spacial score (nSPS) is 18.8. The Hall–Kier alpha value is -2.24. The first kappa shape index (κ1) is 19.5. The molecule has 0 amide bonds. The summed E-state index contributed by atoms with van der Waals surface area (Å²) in [6.45, 7) is 12.3. The van der Waals surface area contributed by atoms with Gasteiger partial charge < -0.3 is 4.90 Å². The van der Waals surface area contributed by atoms with Crippen LogP contribution in [0, 0.1) is 18.3 Å². The van der Waals surface area contributed by atoms with Gasteiger partial charge in [0.1, 0.15) is 0 Å². The molecular formula is C24H27ClN2. The van der Waals surface area contributed by atoms with Crippen LogP contribution in [0.15, 0.2) is 36.4 Å². The van der Waals surface area contributed by atoms with Gasteiger partial charge >= 0.3 is 0 Å². The second-order valence-electron chi connectivity index (χ2n) is 8.11. The van der Waals surface area contributed by atoms with Crippen LogP contribution in [-0.4, -0.2) is 12.1 Å². The molecule has 3 heteroatoms. The fourth-order valence-corrected chi connectivity index (χ4v) is 4.59. The van der Waals surface area contributed by atoms with Crippen LogP contribution >= 0.6 is 11.6 Å². The van der Waals surface area contributed by atoms with Gasteiger partial charge in [-0.15, -0.1) is 0 Å². The summed E-state index contributed by atoms with van der Waals surface area (Å²) in [5.74, 6) is 0.488. The summed E-state index contributed by atoms with van der Waals surface area (Å²) in [6.07, 6.45) is 3.11.